The van der Waals surface area contributed by atoms with Crippen molar-refractivity contribution in [3.05, 3.63) is 24.3 Å². The molecule has 0 heterocycles. The van der Waals surface area contributed by atoms with E-state index in [1.807, 2.05) is 0 Å². The largest absolute Gasteiger partial charge is 0.295 e. The van der Waals surface area contributed by atoms with Crippen molar-refractivity contribution in [3.63, 3.8) is 0 Å². The van der Waals surface area contributed by atoms with Crippen LogP contribution < -0.4 is 0 Å². The molecule has 0 saturated heterocycles. The lowest BCUT2D eigenvalue weighted by molar-refractivity contribution is -0.113. The molecule has 0 amide bonds. The van der Waals surface area contributed by atoms with Gasteiger partial charge < -0.3 is 0 Å². The van der Waals surface area contributed by atoms with Crippen LogP contribution >= 0.6 is 0 Å². The summed E-state index contributed by atoms with van der Waals surface area (Å²) in [7, 11) is 0. The fourth-order valence-electron chi connectivity index (χ4n) is 0.382. The molecule has 0 aromatic rings. The van der Waals surface area contributed by atoms with Gasteiger partial charge in [0, 0.05) is 0 Å². The monoisotopic (exact) mass is 138 g/mol. The van der Waals surface area contributed by atoms with E-state index in [1.165, 1.54) is 26.0 Å². The molecule has 2 nitrogen and oxygen atoms in total. The number of carbonyl (C=O) groups excluding carboxylic acids is 2. The highest BCUT2D eigenvalue weighted by atomic mass is 16.1. The Morgan fingerprint density at radius 3 is 1.40 bits per heavy atom. The van der Waals surface area contributed by atoms with E-state index in [4.69, 9.17) is 0 Å². The maximum Gasteiger partial charge on any atom is 0.152 e. The average Bonchev–Trinajstić information content (AvgIpc) is 1.79. The molecule has 0 atom stereocenters. The van der Waals surface area contributed by atoms with E-state index in [-0.39, 0.29) is 11.6 Å². The van der Waals surface area contributed by atoms with Crippen molar-refractivity contribution in [3.8, 4) is 0 Å². The third kappa shape index (κ3) is 6.82. The Hall–Kier alpha value is -1.18. The van der Waals surface area contributed by atoms with Gasteiger partial charge in [-0.3, -0.25) is 9.59 Å². The summed E-state index contributed by atoms with van der Waals surface area (Å²) in [6.07, 6.45) is 5.90. The first kappa shape index (κ1) is 8.82. The Morgan fingerprint density at radius 1 is 0.900 bits per heavy atom. The molecule has 0 aliphatic rings. The lowest BCUT2D eigenvalue weighted by Crippen LogP contribution is -1.80. The highest BCUT2D eigenvalue weighted by Gasteiger charge is 1.79. The summed E-state index contributed by atoms with van der Waals surface area (Å²) in [5.41, 5.74) is 0. The highest BCUT2D eigenvalue weighted by molar-refractivity contribution is 5.89. The molecule has 0 N–H and O–H groups in total. The lowest BCUT2D eigenvalue weighted by atomic mass is 10.3. The number of hydrogen-bond donors (Lipinski definition) is 0. The van der Waals surface area contributed by atoms with E-state index in [0.29, 0.717) is 0 Å². The van der Waals surface area contributed by atoms with E-state index < -0.39 is 0 Å². The minimum atomic E-state index is -0.0202. The smallest absolute Gasteiger partial charge is 0.152 e. The Bertz CT molecular complexity index is 165. The zero-order valence-corrected chi connectivity index (χ0v) is 6.13. The lowest BCUT2D eigenvalue weighted by Gasteiger charge is -1.75. The quantitative estimate of drug-likeness (QED) is 0.435. The van der Waals surface area contributed by atoms with Crippen molar-refractivity contribution >= 4 is 11.6 Å². The summed E-state index contributed by atoms with van der Waals surface area (Å²) in [6.45, 7) is 2.91. The third-order valence-corrected chi connectivity index (χ3v) is 0.773. The van der Waals surface area contributed by atoms with Gasteiger partial charge in [0.1, 0.15) is 0 Å². The Kier molecular flexibility index (Phi) is 4.12. The van der Waals surface area contributed by atoms with Crippen molar-refractivity contribution in [2.24, 2.45) is 0 Å². The fourth-order valence-corrected chi connectivity index (χ4v) is 0.382. The SMILES string of the molecule is CC(=O)/C=C\C=C/C(C)=O. The summed E-state index contributed by atoms with van der Waals surface area (Å²) in [6, 6.07) is 0. The van der Waals surface area contributed by atoms with Crippen LogP contribution in [0.15, 0.2) is 24.3 Å². The molecule has 0 aliphatic heterocycles. The first-order chi connectivity index (χ1) is 4.63. The van der Waals surface area contributed by atoms with Gasteiger partial charge in [0.25, 0.3) is 0 Å². The van der Waals surface area contributed by atoms with Gasteiger partial charge in [0.2, 0.25) is 0 Å². The van der Waals surface area contributed by atoms with E-state index in [2.05, 4.69) is 0 Å². The second kappa shape index (κ2) is 4.68. The van der Waals surface area contributed by atoms with Crippen molar-refractivity contribution in [1.29, 1.82) is 0 Å². The molecule has 0 fully saturated rings. The number of rotatable bonds is 3. The standard InChI is InChI=1S/C8H10O2/c1-7(9)5-3-4-6-8(2)10/h3-6H,1-2H3/b5-3-,6-4-. The van der Waals surface area contributed by atoms with E-state index >= 15 is 0 Å². The number of carbonyl (C=O) groups is 2. The molecule has 0 radical (unpaired) electrons. The first-order valence-corrected chi connectivity index (χ1v) is 2.99. The van der Waals surface area contributed by atoms with Crippen LogP contribution in [0.2, 0.25) is 0 Å². The van der Waals surface area contributed by atoms with Gasteiger partial charge in [-0.2, -0.15) is 0 Å². The molecule has 10 heavy (non-hydrogen) atoms. The Labute approximate surface area is 60.2 Å². The minimum absolute atomic E-state index is 0.0202. The number of ketones is 2. The second-order valence-electron chi connectivity index (χ2n) is 1.94. The molecule has 0 aliphatic carbocycles. The van der Waals surface area contributed by atoms with Crippen molar-refractivity contribution in [2.45, 2.75) is 13.8 Å². The molecular formula is C8H10O2. The van der Waals surface area contributed by atoms with Crippen molar-refractivity contribution in [2.75, 3.05) is 0 Å². The van der Waals surface area contributed by atoms with Crippen LogP contribution in [0.1, 0.15) is 13.8 Å². The van der Waals surface area contributed by atoms with Gasteiger partial charge in [0.05, 0.1) is 0 Å². The molecule has 0 spiro atoms. The number of allylic oxidation sites excluding steroid dienone is 4. The summed E-state index contributed by atoms with van der Waals surface area (Å²) < 4.78 is 0. The topological polar surface area (TPSA) is 34.1 Å². The molecule has 0 aromatic carbocycles. The molecule has 0 rings (SSSR count). The van der Waals surface area contributed by atoms with Crippen LogP contribution in [-0.2, 0) is 9.59 Å². The zero-order chi connectivity index (χ0) is 7.98. The Morgan fingerprint density at radius 2 is 1.20 bits per heavy atom. The maximum absolute atomic E-state index is 10.3. The predicted molar refractivity (Wildman–Crippen MR) is 39.6 cm³/mol. The molecule has 0 bridgehead atoms. The molecule has 0 unspecified atom stereocenters. The van der Waals surface area contributed by atoms with Crippen molar-refractivity contribution < 1.29 is 9.59 Å². The van der Waals surface area contributed by atoms with Gasteiger partial charge in [-0.05, 0) is 26.0 Å². The van der Waals surface area contributed by atoms with Crippen LogP contribution in [0.25, 0.3) is 0 Å². The van der Waals surface area contributed by atoms with Gasteiger partial charge >= 0.3 is 0 Å². The van der Waals surface area contributed by atoms with Crippen LogP contribution in [0.4, 0.5) is 0 Å². The van der Waals surface area contributed by atoms with Gasteiger partial charge in [0.15, 0.2) is 11.6 Å². The normalized spacial score (nSPS) is 11.0. The third-order valence-electron chi connectivity index (χ3n) is 0.773. The molecule has 0 saturated carbocycles. The minimum Gasteiger partial charge on any atom is -0.295 e. The van der Waals surface area contributed by atoms with Crippen LogP contribution in [-0.4, -0.2) is 11.6 Å². The van der Waals surface area contributed by atoms with Gasteiger partial charge in [-0.15, -0.1) is 0 Å². The molecule has 2 heteroatoms. The average molecular weight is 138 g/mol. The fraction of sp³-hybridized carbons (Fsp3) is 0.250. The van der Waals surface area contributed by atoms with E-state index in [0.717, 1.165) is 0 Å². The van der Waals surface area contributed by atoms with Crippen molar-refractivity contribution in [1.82, 2.24) is 0 Å². The summed E-state index contributed by atoms with van der Waals surface area (Å²) in [5, 5.41) is 0. The summed E-state index contributed by atoms with van der Waals surface area (Å²) in [4.78, 5) is 20.6. The molecule has 0 aromatic heterocycles. The zero-order valence-electron chi connectivity index (χ0n) is 6.13. The van der Waals surface area contributed by atoms with Crippen LogP contribution in [0.5, 0.6) is 0 Å². The van der Waals surface area contributed by atoms with Gasteiger partial charge in [-0.1, -0.05) is 12.2 Å². The van der Waals surface area contributed by atoms with Crippen LogP contribution in [0, 0.1) is 0 Å². The number of hydrogen-bond acceptors (Lipinski definition) is 2. The second-order valence-corrected chi connectivity index (χ2v) is 1.94. The molecule has 54 valence electrons. The maximum atomic E-state index is 10.3. The van der Waals surface area contributed by atoms with E-state index in [1.54, 1.807) is 12.2 Å². The first-order valence-electron chi connectivity index (χ1n) is 2.99. The van der Waals surface area contributed by atoms with Gasteiger partial charge in [-0.25, -0.2) is 0 Å². The summed E-state index contributed by atoms with van der Waals surface area (Å²) >= 11 is 0. The molecular weight excluding hydrogens is 128 g/mol. The predicted octanol–water partition coefficient (Wildman–Crippen LogP) is 1.28. The summed E-state index contributed by atoms with van der Waals surface area (Å²) in [5.74, 6) is -0.0404. The highest BCUT2D eigenvalue weighted by Crippen LogP contribution is 1.79. The van der Waals surface area contributed by atoms with Crippen LogP contribution in [0.3, 0.4) is 0 Å². The van der Waals surface area contributed by atoms with E-state index in [9.17, 15) is 9.59 Å². The Balaban J connectivity index is 3.73.